The van der Waals surface area contributed by atoms with Crippen LogP contribution in [0.3, 0.4) is 0 Å². The van der Waals surface area contributed by atoms with Crippen LogP contribution in [0.5, 0.6) is 0 Å². The molecule has 5 heteroatoms. The topological polar surface area (TPSA) is 78.3 Å². The third kappa shape index (κ3) is 1.76. The Bertz CT molecular complexity index is 366. The van der Waals surface area contributed by atoms with E-state index in [1.54, 1.807) is 6.92 Å². The molecule has 1 rings (SSSR count). The predicted octanol–water partition coefficient (Wildman–Crippen LogP) is 1.17. The van der Waals surface area contributed by atoms with E-state index < -0.39 is 11.8 Å². The summed E-state index contributed by atoms with van der Waals surface area (Å²) in [6.45, 7) is 1.83. The lowest BCUT2D eigenvalue weighted by Crippen LogP contribution is -2.12. The summed E-state index contributed by atoms with van der Waals surface area (Å²) in [5.41, 5.74) is 10.6. The van der Waals surface area contributed by atoms with Gasteiger partial charge in [-0.3, -0.25) is 0 Å². The van der Waals surface area contributed by atoms with Crippen molar-refractivity contribution in [1.29, 1.82) is 0 Å². The molecule has 1 aromatic rings. The highest BCUT2D eigenvalue weighted by atomic mass is 19.1. The Morgan fingerprint density at radius 3 is 2.71 bits per heavy atom. The molecule has 76 valence electrons. The molecule has 0 saturated carbocycles. The molecule has 0 aliphatic carbocycles. The first-order valence-corrected chi connectivity index (χ1v) is 4.08. The highest BCUT2D eigenvalue weighted by molar-refractivity contribution is 6.00. The molecule has 0 fully saturated rings. The average Bonchev–Trinajstić information content (AvgIpc) is 2.13. The van der Waals surface area contributed by atoms with Crippen LogP contribution in [0.4, 0.5) is 15.8 Å². The van der Waals surface area contributed by atoms with Crippen LogP contribution in [0, 0.1) is 5.82 Å². The molecular formula is C9H11FN2O2. The van der Waals surface area contributed by atoms with E-state index in [9.17, 15) is 9.18 Å². The molecule has 0 atom stereocenters. The van der Waals surface area contributed by atoms with Gasteiger partial charge < -0.3 is 16.2 Å². The fourth-order valence-electron chi connectivity index (χ4n) is 1.04. The number of rotatable bonds is 2. The van der Waals surface area contributed by atoms with Gasteiger partial charge >= 0.3 is 5.97 Å². The molecular weight excluding hydrogens is 187 g/mol. The van der Waals surface area contributed by atoms with Crippen LogP contribution in [0.25, 0.3) is 0 Å². The Morgan fingerprint density at radius 2 is 2.14 bits per heavy atom. The van der Waals surface area contributed by atoms with E-state index in [1.165, 1.54) is 6.07 Å². The van der Waals surface area contributed by atoms with E-state index in [-0.39, 0.29) is 23.5 Å². The highest BCUT2D eigenvalue weighted by Gasteiger charge is 2.17. The van der Waals surface area contributed by atoms with Gasteiger partial charge in [-0.25, -0.2) is 9.18 Å². The zero-order valence-electron chi connectivity index (χ0n) is 7.71. The van der Waals surface area contributed by atoms with Gasteiger partial charge in [-0.2, -0.15) is 0 Å². The van der Waals surface area contributed by atoms with Crippen LogP contribution in [0.15, 0.2) is 12.1 Å². The van der Waals surface area contributed by atoms with Gasteiger partial charge in [-0.1, -0.05) is 0 Å². The van der Waals surface area contributed by atoms with E-state index in [4.69, 9.17) is 11.5 Å². The fourth-order valence-corrected chi connectivity index (χ4v) is 1.04. The highest BCUT2D eigenvalue weighted by Crippen LogP contribution is 2.23. The number of nitrogen functional groups attached to an aromatic ring is 2. The molecule has 0 aliphatic rings. The molecule has 0 heterocycles. The second kappa shape index (κ2) is 3.95. The molecule has 4 N–H and O–H groups in total. The van der Waals surface area contributed by atoms with Gasteiger partial charge in [0.2, 0.25) is 0 Å². The van der Waals surface area contributed by atoms with Gasteiger partial charge in [0.05, 0.1) is 12.3 Å². The largest absolute Gasteiger partial charge is 0.462 e. The summed E-state index contributed by atoms with van der Waals surface area (Å²) in [5, 5.41) is 0. The Hall–Kier alpha value is -1.78. The Kier molecular flexibility index (Phi) is 2.91. The van der Waals surface area contributed by atoms with Gasteiger partial charge in [0, 0.05) is 5.69 Å². The lowest BCUT2D eigenvalue weighted by molar-refractivity contribution is 0.0528. The van der Waals surface area contributed by atoms with E-state index in [1.807, 2.05) is 0 Å². The summed E-state index contributed by atoms with van der Waals surface area (Å²) >= 11 is 0. The molecule has 0 saturated heterocycles. The zero-order chi connectivity index (χ0) is 10.7. The van der Waals surface area contributed by atoms with Crippen molar-refractivity contribution in [2.45, 2.75) is 6.92 Å². The number of hydrogen-bond donors (Lipinski definition) is 2. The van der Waals surface area contributed by atoms with Crippen LogP contribution in [-0.2, 0) is 4.74 Å². The Labute approximate surface area is 80.6 Å². The number of esters is 1. The molecule has 0 unspecified atom stereocenters. The molecule has 0 bridgehead atoms. The number of nitrogens with two attached hydrogens (primary N) is 2. The lowest BCUT2D eigenvalue weighted by atomic mass is 10.1. The summed E-state index contributed by atoms with van der Waals surface area (Å²) in [7, 11) is 0. The van der Waals surface area contributed by atoms with Crippen molar-refractivity contribution in [2.75, 3.05) is 18.1 Å². The summed E-state index contributed by atoms with van der Waals surface area (Å²) in [6.07, 6.45) is 0. The third-order valence-electron chi connectivity index (χ3n) is 1.70. The maximum absolute atomic E-state index is 13.0. The lowest BCUT2D eigenvalue weighted by Gasteiger charge is -2.08. The van der Waals surface area contributed by atoms with Gasteiger partial charge in [-0.05, 0) is 19.1 Å². The number of hydrogen-bond acceptors (Lipinski definition) is 4. The van der Waals surface area contributed by atoms with Gasteiger partial charge in [0.15, 0.2) is 0 Å². The van der Waals surface area contributed by atoms with Crippen molar-refractivity contribution < 1.29 is 13.9 Å². The van der Waals surface area contributed by atoms with Crippen molar-refractivity contribution in [2.24, 2.45) is 0 Å². The smallest absolute Gasteiger partial charge is 0.342 e. The summed E-state index contributed by atoms with van der Waals surface area (Å²) in [6, 6.07) is 2.38. The van der Waals surface area contributed by atoms with Crippen LogP contribution in [0.2, 0.25) is 0 Å². The maximum Gasteiger partial charge on any atom is 0.342 e. The average molecular weight is 198 g/mol. The molecule has 0 aromatic heterocycles. The molecule has 1 aromatic carbocycles. The summed E-state index contributed by atoms with van der Waals surface area (Å²) in [4.78, 5) is 11.3. The van der Waals surface area contributed by atoms with Gasteiger partial charge in [0.1, 0.15) is 11.4 Å². The maximum atomic E-state index is 13.0. The van der Waals surface area contributed by atoms with Crippen molar-refractivity contribution in [3.8, 4) is 0 Å². The Morgan fingerprint density at radius 1 is 1.50 bits per heavy atom. The normalized spacial score (nSPS) is 9.86. The molecule has 0 aliphatic heterocycles. The number of benzene rings is 1. The van der Waals surface area contributed by atoms with E-state index in [0.29, 0.717) is 0 Å². The second-order valence-electron chi connectivity index (χ2n) is 2.65. The Balaban J connectivity index is 3.18. The minimum absolute atomic E-state index is 0.105. The van der Waals surface area contributed by atoms with E-state index in [0.717, 1.165) is 6.07 Å². The van der Waals surface area contributed by atoms with Crippen molar-refractivity contribution in [1.82, 2.24) is 0 Å². The van der Waals surface area contributed by atoms with Crippen LogP contribution < -0.4 is 11.5 Å². The summed E-state index contributed by atoms with van der Waals surface area (Å²) in [5.74, 6) is -1.38. The fraction of sp³-hybridized carbons (Fsp3) is 0.222. The SMILES string of the molecule is CCOC(=O)c1c(N)ccc(F)c1N. The molecule has 4 nitrogen and oxygen atoms in total. The molecule has 0 spiro atoms. The van der Waals surface area contributed by atoms with Crippen LogP contribution >= 0.6 is 0 Å². The first-order chi connectivity index (χ1) is 6.57. The van der Waals surface area contributed by atoms with Crippen LogP contribution in [0.1, 0.15) is 17.3 Å². The van der Waals surface area contributed by atoms with Crippen molar-refractivity contribution in [3.63, 3.8) is 0 Å². The van der Waals surface area contributed by atoms with Gasteiger partial charge in [-0.15, -0.1) is 0 Å². The minimum atomic E-state index is -0.706. The monoisotopic (exact) mass is 198 g/mol. The van der Waals surface area contributed by atoms with E-state index >= 15 is 0 Å². The molecule has 0 amide bonds. The summed E-state index contributed by atoms with van der Waals surface area (Å²) < 4.78 is 17.7. The van der Waals surface area contributed by atoms with E-state index in [2.05, 4.69) is 4.74 Å². The van der Waals surface area contributed by atoms with Crippen LogP contribution in [-0.4, -0.2) is 12.6 Å². The first-order valence-electron chi connectivity index (χ1n) is 4.08. The molecule has 0 radical (unpaired) electrons. The number of ether oxygens (including phenoxy) is 1. The third-order valence-corrected chi connectivity index (χ3v) is 1.70. The van der Waals surface area contributed by atoms with Crippen molar-refractivity contribution >= 4 is 17.3 Å². The second-order valence-corrected chi connectivity index (χ2v) is 2.65. The number of carbonyl (C=O) groups excluding carboxylic acids is 1. The number of carbonyl (C=O) groups is 1. The predicted molar refractivity (Wildman–Crippen MR) is 51.2 cm³/mol. The first kappa shape index (κ1) is 10.3. The standard InChI is InChI=1S/C9H11FN2O2/c1-2-14-9(13)7-6(11)4-3-5(10)8(7)12/h3-4H,2,11-12H2,1H3. The zero-order valence-corrected chi connectivity index (χ0v) is 7.71. The number of halogens is 1. The van der Waals surface area contributed by atoms with Gasteiger partial charge in [0.25, 0.3) is 0 Å². The molecule has 14 heavy (non-hydrogen) atoms. The quantitative estimate of drug-likeness (QED) is 0.552. The van der Waals surface area contributed by atoms with Crippen molar-refractivity contribution in [3.05, 3.63) is 23.5 Å². The number of anilines is 2. The minimum Gasteiger partial charge on any atom is -0.462 e.